The predicted molar refractivity (Wildman–Crippen MR) is 12.9 cm³/mol. The molecular formula is CH3LaO4. The third-order valence-electron chi connectivity index (χ3n) is 0. The van der Waals surface area contributed by atoms with Crippen LogP contribution in [0.5, 0.6) is 0 Å². The summed E-state index contributed by atoms with van der Waals surface area (Å²) < 4.78 is 7.17. The normalized spacial score (nSPS) is 4.67. The molecule has 0 amide bonds. The van der Waals surface area contributed by atoms with E-state index in [1.165, 1.54) is 0 Å². The van der Waals surface area contributed by atoms with Crippen molar-refractivity contribution in [3.8, 4) is 0 Å². The van der Waals surface area contributed by atoms with Crippen LogP contribution < -0.4 is 0 Å². The summed E-state index contributed by atoms with van der Waals surface area (Å²) in [5, 5.41) is 13.9. The molecule has 0 aliphatic rings. The third kappa shape index (κ3) is 288. The maximum atomic E-state index is 8.56. The summed E-state index contributed by atoms with van der Waals surface area (Å²) in [6, 6.07) is 0. The first kappa shape index (κ1) is 9.66. The van der Waals surface area contributed by atoms with E-state index in [0.717, 1.165) is 0 Å². The molecule has 0 aromatic rings. The van der Waals surface area contributed by atoms with E-state index in [4.69, 9.17) is 17.1 Å². The second kappa shape index (κ2) is 9.06. The molecule has 5 heteroatoms. The Balaban J connectivity index is 0. The van der Waals surface area contributed by atoms with Crippen LogP contribution in [-0.4, -0.2) is 18.4 Å². The number of hydrogen-bond acceptors (Lipinski definition) is 2. The molecular weight excluding hydrogens is 215 g/mol. The molecule has 3 N–H and O–H groups in total. The first-order chi connectivity index (χ1) is 2.73. The summed E-state index contributed by atoms with van der Waals surface area (Å²) in [5.41, 5.74) is 0. The van der Waals surface area contributed by atoms with Gasteiger partial charge in [0.25, 0.3) is 0 Å². The van der Waals surface area contributed by atoms with E-state index in [2.05, 4.69) is 0 Å². The zero-order valence-corrected chi connectivity index (χ0v) is 6.45. The molecule has 0 atom stereocenters. The van der Waals surface area contributed by atoms with Gasteiger partial charge in [-0.1, -0.05) is 0 Å². The fourth-order valence-electron chi connectivity index (χ4n) is 0. The number of carbonyl (C=O) groups is 1. The van der Waals surface area contributed by atoms with Crippen LogP contribution >= 0.6 is 0 Å². The van der Waals surface area contributed by atoms with Crippen LogP contribution in [0.4, 0.5) is 4.79 Å². The number of rotatable bonds is 0. The van der Waals surface area contributed by atoms with Crippen LogP contribution in [0.15, 0.2) is 0 Å². The Morgan fingerprint density at radius 1 is 1.33 bits per heavy atom. The molecule has 0 bridgehead atoms. The molecule has 0 heterocycles. The molecule has 0 rings (SSSR count). The van der Waals surface area contributed by atoms with Crippen molar-refractivity contribution in [2.45, 2.75) is 0 Å². The molecule has 6 heavy (non-hydrogen) atoms. The maximum absolute atomic E-state index is 8.56. The zero-order valence-electron chi connectivity index (χ0n) is 2.83. The molecule has 0 unspecified atom stereocenters. The summed E-state index contributed by atoms with van der Waals surface area (Å²) in [4.78, 5) is 8.56. The SMILES string of the molecule is O=C(O)O.[OH][La]. The first-order valence-corrected chi connectivity index (χ1v) is 2.53. The minimum atomic E-state index is -1.83. The van der Waals surface area contributed by atoms with E-state index in [0.29, 0.717) is 0 Å². The Kier molecular flexibility index (Phi) is 14.6. The average Bonchev–Trinajstić information content (AvgIpc) is 1.41. The van der Waals surface area contributed by atoms with Crippen LogP contribution in [-0.2, 0) is 0 Å². The Hall–Kier alpha value is 0.425. The van der Waals surface area contributed by atoms with Crippen LogP contribution in [0.3, 0.4) is 0 Å². The van der Waals surface area contributed by atoms with Crippen molar-refractivity contribution in [1.29, 1.82) is 0 Å². The third-order valence-corrected chi connectivity index (χ3v) is 0. The number of carboxylic acid groups (broad SMARTS) is 2. The molecule has 0 radical (unpaired) electrons. The van der Waals surface area contributed by atoms with Crippen molar-refractivity contribution in [1.82, 2.24) is 0 Å². The van der Waals surface area contributed by atoms with Crippen molar-refractivity contribution in [2.75, 3.05) is 0 Å². The van der Waals surface area contributed by atoms with Gasteiger partial charge in [0, 0.05) is 0 Å². The molecule has 0 fully saturated rings. The molecule has 0 spiro atoms. The zero-order chi connectivity index (χ0) is 5.58. The quantitative estimate of drug-likeness (QED) is 0.519. The molecule has 0 aromatic heterocycles. The summed E-state index contributed by atoms with van der Waals surface area (Å²) in [7, 11) is 0. The predicted octanol–water partition coefficient (Wildman–Crippen LogP) is -0.335. The van der Waals surface area contributed by atoms with Crippen molar-refractivity contribution >= 4 is 6.16 Å². The molecule has 0 aliphatic heterocycles. The fourth-order valence-corrected chi connectivity index (χ4v) is 0. The van der Waals surface area contributed by atoms with E-state index in [-0.39, 0.29) is 34.3 Å². The first-order valence-electron chi connectivity index (χ1n) is 0.910. The van der Waals surface area contributed by atoms with Gasteiger partial charge in [0.2, 0.25) is 0 Å². The van der Waals surface area contributed by atoms with Crippen molar-refractivity contribution in [3.63, 3.8) is 0 Å². The Morgan fingerprint density at radius 3 is 1.33 bits per heavy atom. The van der Waals surface area contributed by atoms with Gasteiger partial charge in [0.05, 0.1) is 0 Å². The molecule has 0 saturated carbocycles. The summed E-state index contributed by atoms with van der Waals surface area (Å²) in [6.45, 7) is 0. The Morgan fingerprint density at radius 2 is 1.33 bits per heavy atom. The molecule has 0 saturated heterocycles. The summed E-state index contributed by atoms with van der Waals surface area (Å²) >= 11 is 0.167. The summed E-state index contributed by atoms with van der Waals surface area (Å²) in [5.74, 6) is 0. The second-order valence-electron chi connectivity index (χ2n) is 0.283. The molecule has 4 nitrogen and oxygen atoms in total. The summed E-state index contributed by atoms with van der Waals surface area (Å²) in [6.07, 6.45) is -1.83. The van der Waals surface area contributed by atoms with Gasteiger partial charge in [0.1, 0.15) is 0 Å². The molecule has 0 aromatic carbocycles. The van der Waals surface area contributed by atoms with Crippen LogP contribution in [0.25, 0.3) is 0 Å². The van der Waals surface area contributed by atoms with E-state index in [9.17, 15) is 0 Å². The molecule has 0 aliphatic carbocycles. The van der Waals surface area contributed by atoms with Gasteiger partial charge in [-0.25, -0.2) is 4.79 Å². The van der Waals surface area contributed by atoms with E-state index >= 15 is 0 Å². The van der Waals surface area contributed by atoms with Crippen LogP contribution in [0.1, 0.15) is 0 Å². The minimum absolute atomic E-state index is 0.167. The monoisotopic (exact) mass is 218 g/mol. The van der Waals surface area contributed by atoms with Crippen molar-refractivity contribution in [2.24, 2.45) is 0 Å². The topological polar surface area (TPSA) is 77.8 Å². The second-order valence-corrected chi connectivity index (χ2v) is 0.283. The van der Waals surface area contributed by atoms with Gasteiger partial charge in [-0.15, -0.1) is 0 Å². The Bertz CT molecular complexity index is 30.5. The van der Waals surface area contributed by atoms with Gasteiger partial charge in [-0.3, -0.25) is 0 Å². The van der Waals surface area contributed by atoms with E-state index < -0.39 is 6.16 Å². The average molecular weight is 218 g/mol. The van der Waals surface area contributed by atoms with Gasteiger partial charge >= 0.3 is 42.5 Å². The van der Waals surface area contributed by atoms with Gasteiger partial charge in [0.15, 0.2) is 0 Å². The van der Waals surface area contributed by atoms with Crippen LogP contribution in [0.2, 0.25) is 0 Å². The van der Waals surface area contributed by atoms with E-state index in [1.54, 1.807) is 0 Å². The van der Waals surface area contributed by atoms with Crippen LogP contribution in [0, 0.1) is 34.3 Å². The fraction of sp³-hybridized carbons (Fsp3) is 0. The van der Waals surface area contributed by atoms with Crippen molar-refractivity contribution in [3.05, 3.63) is 0 Å². The number of hydrogen-bond donors (Lipinski definition) is 3. The van der Waals surface area contributed by atoms with Crippen molar-refractivity contribution < 1.29 is 51.4 Å². The van der Waals surface area contributed by atoms with Gasteiger partial charge in [-0.2, -0.15) is 0 Å². The molecule has 34 valence electrons. The van der Waals surface area contributed by atoms with E-state index in [1.807, 2.05) is 0 Å². The van der Waals surface area contributed by atoms with Gasteiger partial charge < -0.3 is 10.2 Å². The Labute approximate surface area is 57.3 Å². The standard InChI is InChI=1S/CH2O3.La.H2O/c2-1(3)4;;/h(H2,2,3,4);;1H2/q;+1;/p-1. The van der Waals surface area contributed by atoms with Gasteiger partial charge in [-0.05, 0) is 0 Å².